The van der Waals surface area contributed by atoms with E-state index in [9.17, 15) is 18.0 Å². The summed E-state index contributed by atoms with van der Waals surface area (Å²) in [6, 6.07) is 2.34. The molecule has 0 atom stereocenters. The number of nitrogens with zero attached hydrogens (tertiary/aromatic N) is 4. The monoisotopic (exact) mass is 344 g/mol. The molecule has 9 heteroatoms. The van der Waals surface area contributed by atoms with Gasteiger partial charge >= 0.3 is 6.18 Å². The first-order valence-corrected chi connectivity index (χ1v) is 7.17. The number of hydrogen-bond donors (Lipinski definition) is 0. The van der Waals surface area contributed by atoms with E-state index in [1.807, 2.05) is 0 Å². The van der Waals surface area contributed by atoms with Gasteiger partial charge in [0.15, 0.2) is 0 Å². The maximum atomic E-state index is 12.7. The first-order valence-electron chi connectivity index (χ1n) is 6.79. The Hall–Kier alpha value is -2.09. The smallest absolute Gasteiger partial charge is 0.351 e. The summed E-state index contributed by atoms with van der Waals surface area (Å²) in [6.07, 6.45) is -3.17. The summed E-state index contributed by atoms with van der Waals surface area (Å²) >= 11 is 5.97. The molecule has 0 fully saturated rings. The fourth-order valence-electron chi connectivity index (χ4n) is 2.49. The molecular formula is C14H12ClF3N4O. The predicted molar refractivity (Wildman–Crippen MR) is 78.5 cm³/mol. The van der Waals surface area contributed by atoms with Crippen LogP contribution >= 0.6 is 11.6 Å². The van der Waals surface area contributed by atoms with Crippen molar-refractivity contribution in [1.82, 2.24) is 14.8 Å². The number of alkyl halides is 3. The Bertz CT molecular complexity index is 819. The van der Waals surface area contributed by atoms with Gasteiger partial charge < -0.3 is 4.90 Å². The van der Waals surface area contributed by atoms with Crippen molar-refractivity contribution in [3.05, 3.63) is 50.5 Å². The van der Waals surface area contributed by atoms with Crippen LogP contribution in [-0.4, -0.2) is 21.3 Å². The lowest BCUT2D eigenvalue weighted by Gasteiger charge is -2.29. The highest BCUT2D eigenvalue weighted by molar-refractivity contribution is 6.33. The van der Waals surface area contributed by atoms with Gasteiger partial charge in [-0.3, -0.25) is 4.79 Å². The van der Waals surface area contributed by atoms with Gasteiger partial charge in [-0.15, -0.1) is 0 Å². The number of aromatic nitrogens is 3. The molecule has 2 aromatic heterocycles. The van der Waals surface area contributed by atoms with E-state index in [1.165, 1.54) is 10.7 Å². The van der Waals surface area contributed by atoms with Gasteiger partial charge in [0.25, 0.3) is 5.56 Å². The summed E-state index contributed by atoms with van der Waals surface area (Å²) in [4.78, 5) is 17.3. The zero-order valence-corrected chi connectivity index (χ0v) is 12.8. The van der Waals surface area contributed by atoms with Gasteiger partial charge in [-0.25, -0.2) is 9.67 Å². The Kier molecular flexibility index (Phi) is 3.79. The van der Waals surface area contributed by atoms with Crippen LogP contribution in [0.2, 0.25) is 5.02 Å². The molecule has 1 aliphatic heterocycles. The van der Waals surface area contributed by atoms with Gasteiger partial charge in [-0.05, 0) is 6.07 Å². The lowest BCUT2D eigenvalue weighted by molar-refractivity contribution is -0.137. The van der Waals surface area contributed by atoms with Crippen molar-refractivity contribution < 1.29 is 13.2 Å². The maximum Gasteiger partial charge on any atom is 0.417 e. The summed E-state index contributed by atoms with van der Waals surface area (Å²) in [5, 5.41) is 4.12. The van der Waals surface area contributed by atoms with E-state index in [0.717, 1.165) is 23.5 Å². The van der Waals surface area contributed by atoms with Crippen molar-refractivity contribution >= 4 is 17.4 Å². The van der Waals surface area contributed by atoms with Crippen molar-refractivity contribution in [2.45, 2.75) is 19.1 Å². The highest BCUT2D eigenvalue weighted by atomic mass is 35.5. The average Bonchev–Trinajstić information content (AvgIpc) is 2.47. The largest absolute Gasteiger partial charge is 0.417 e. The highest BCUT2D eigenvalue weighted by Crippen LogP contribution is 2.34. The quantitative estimate of drug-likeness (QED) is 0.797. The number of fused-ring (bicyclic) bond motifs is 1. The van der Waals surface area contributed by atoms with E-state index in [2.05, 4.69) is 10.1 Å². The molecule has 0 aliphatic carbocycles. The van der Waals surface area contributed by atoms with Crippen molar-refractivity contribution in [1.29, 1.82) is 0 Å². The number of hydrogen-bond acceptors (Lipinski definition) is 4. The standard InChI is InChI=1S/C14H12ClF3N4O/c1-21-12(23)4-8-7-22(3-2-11(8)20-21)13-10(15)5-9(6-19-13)14(16,17)18/h4-6H,2-3,7H2,1H3. The first-order chi connectivity index (χ1) is 10.8. The number of pyridine rings is 1. The SMILES string of the molecule is Cn1nc2c(cc1=O)CN(c1ncc(C(F)(F)F)cc1Cl)CC2. The molecule has 0 unspecified atom stereocenters. The van der Waals surface area contributed by atoms with Crippen LogP contribution in [0.4, 0.5) is 19.0 Å². The molecule has 2 aromatic rings. The normalized spacial score (nSPS) is 14.7. The van der Waals surface area contributed by atoms with Crippen LogP contribution in [0.5, 0.6) is 0 Å². The van der Waals surface area contributed by atoms with Crippen LogP contribution in [0.15, 0.2) is 23.1 Å². The highest BCUT2D eigenvalue weighted by Gasteiger charge is 2.32. The van der Waals surface area contributed by atoms with Crippen LogP contribution in [0.25, 0.3) is 0 Å². The molecular weight excluding hydrogens is 333 g/mol. The van der Waals surface area contributed by atoms with Crippen LogP contribution in [-0.2, 0) is 26.2 Å². The third kappa shape index (κ3) is 3.03. The lowest BCUT2D eigenvalue weighted by Crippen LogP contribution is -2.35. The minimum Gasteiger partial charge on any atom is -0.351 e. The Morgan fingerprint density at radius 3 is 2.70 bits per heavy atom. The van der Waals surface area contributed by atoms with Crippen molar-refractivity contribution in [3.8, 4) is 0 Å². The molecule has 3 rings (SSSR count). The lowest BCUT2D eigenvalue weighted by atomic mass is 10.1. The topological polar surface area (TPSA) is 51.0 Å². The molecule has 0 saturated heterocycles. The van der Waals surface area contributed by atoms with Crippen LogP contribution in [0.3, 0.4) is 0 Å². The minimum atomic E-state index is -4.49. The van der Waals surface area contributed by atoms with Crippen LogP contribution < -0.4 is 10.5 Å². The van der Waals surface area contributed by atoms with E-state index in [-0.39, 0.29) is 16.4 Å². The molecule has 0 N–H and O–H groups in total. The molecule has 23 heavy (non-hydrogen) atoms. The molecule has 0 spiro atoms. The van der Waals surface area contributed by atoms with E-state index in [1.54, 1.807) is 11.9 Å². The Labute approximate surface area is 134 Å². The van der Waals surface area contributed by atoms with Gasteiger partial charge in [0.2, 0.25) is 0 Å². The zero-order valence-electron chi connectivity index (χ0n) is 12.1. The molecule has 122 valence electrons. The Balaban J connectivity index is 1.92. The predicted octanol–water partition coefficient (Wildman–Crippen LogP) is 2.41. The van der Waals surface area contributed by atoms with Gasteiger partial charge in [0, 0.05) is 44.4 Å². The fourth-order valence-corrected chi connectivity index (χ4v) is 2.78. The molecule has 5 nitrogen and oxygen atoms in total. The Morgan fingerprint density at radius 2 is 2.04 bits per heavy atom. The summed E-state index contributed by atoms with van der Waals surface area (Å²) in [5.74, 6) is 0.269. The maximum absolute atomic E-state index is 12.7. The number of aryl methyl sites for hydroxylation is 1. The second-order valence-electron chi connectivity index (χ2n) is 5.28. The van der Waals surface area contributed by atoms with Crippen molar-refractivity contribution in [2.24, 2.45) is 7.05 Å². The zero-order chi connectivity index (χ0) is 16.8. The summed E-state index contributed by atoms with van der Waals surface area (Å²) in [6.45, 7) is 0.840. The third-order valence-corrected chi connectivity index (χ3v) is 3.96. The molecule has 0 radical (unpaired) electrons. The molecule has 0 saturated carbocycles. The van der Waals surface area contributed by atoms with Crippen molar-refractivity contribution in [3.63, 3.8) is 0 Å². The molecule has 0 bridgehead atoms. The molecule has 0 aromatic carbocycles. The van der Waals surface area contributed by atoms with E-state index in [0.29, 0.717) is 19.5 Å². The van der Waals surface area contributed by atoms with Gasteiger partial charge in [0.1, 0.15) is 5.82 Å². The van der Waals surface area contributed by atoms with Crippen LogP contribution in [0, 0.1) is 0 Å². The van der Waals surface area contributed by atoms with Crippen LogP contribution in [0.1, 0.15) is 16.8 Å². The Morgan fingerprint density at radius 1 is 1.30 bits per heavy atom. The fraction of sp³-hybridized carbons (Fsp3) is 0.357. The van der Waals surface area contributed by atoms with Gasteiger partial charge in [-0.2, -0.15) is 18.3 Å². The second-order valence-corrected chi connectivity index (χ2v) is 5.68. The van der Waals surface area contributed by atoms with E-state index >= 15 is 0 Å². The first kappa shape index (κ1) is 15.8. The summed E-state index contributed by atoms with van der Waals surface area (Å²) in [5.41, 5.74) is 0.403. The van der Waals surface area contributed by atoms with Gasteiger partial charge in [-0.1, -0.05) is 11.6 Å². The average molecular weight is 345 g/mol. The number of halogens is 4. The summed E-state index contributed by atoms with van der Waals surface area (Å²) < 4.78 is 39.3. The van der Waals surface area contributed by atoms with Crippen molar-refractivity contribution in [2.75, 3.05) is 11.4 Å². The van der Waals surface area contributed by atoms with Gasteiger partial charge in [0.05, 0.1) is 16.3 Å². The molecule has 3 heterocycles. The number of anilines is 1. The van der Waals surface area contributed by atoms with E-state index in [4.69, 9.17) is 11.6 Å². The summed E-state index contributed by atoms with van der Waals surface area (Å²) in [7, 11) is 1.57. The second kappa shape index (κ2) is 5.52. The number of rotatable bonds is 1. The minimum absolute atomic E-state index is 0.0694. The molecule has 0 amide bonds. The third-order valence-electron chi connectivity index (χ3n) is 3.69. The molecule has 1 aliphatic rings. The van der Waals surface area contributed by atoms with E-state index < -0.39 is 11.7 Å².